The van der Waals surface area contributed by atoms with Gasteiger partial charge < -0.3 is 5.32 Å². The zero-order chi connectivity index (χ0) is 17.6. The van der Waals surface area contributed by atoms with Crippen LogP contribution in [0.4, 0.5) is 5.69 Å². The molecule has 0 aliphatic heterocycles. The Morgan fingerprint density at radius 3 is 2.36 bits per heavy atom. The molecule has 0 saturated carbocycles. The van der Waals surface area contributed by atoms with Crippen molar-refractivity contribution >= 4 is 55.2 Å². The fourth-order valence-electron chi connectivity index (χ4n) is 2.00. The molecule has 0 saturated heterocycles. The van der Waals surface area contributed by atoms with Gasteiger partial charge in [-0.05, 0) is 59.0 Å². The number of amides is 1. The van der Waals surface area contributed by atoms with Crippen molar-refractivity contribution in [1.82, 2.24) is 20.2 Å². The number of anilines is 1. The third-order valence-electron chi connectivity index (χ3n) is 3.20. The van der Waals surface area contributed by atoms with E-state index in [4.69, 9.17) is 0 Å². The van der Waals surface area contributed by atoms with Crippen LogP contribution >= 0.6 is 43.6 Å². The number of tetrazole rings is 1. The quantitative estimate of drug-likeness (QED) is 0.530. The lowest BCUT2D eigenvalue weighted by molar-refractivity contribution is -0.115. The van der Waals surface area contributed by atoms with Gasteiger partial charge in [0.1, 0.15) is 0 Å². The number of nitrogens with one attached hydrogen (secondary N) is 1. The molecule has 0 fully saturated rings. The molecule has 6 nitrogen and oxygen atoms in total. The highest BCUT2D eigenvalue weighted by atomic mass is 79.9. The third-order valence-corrected chi connectivity index (χ3v) is 5.18. The van der Waals surface area contributed by atoms with Crippen LogP contribution < -0.4 is 5.32 Å². The summed E-state index contributed by atoms with van der Waals surface area (Å²) in [5.41, 5.74) is 1.65. The molecule has 9 heteroatoms. The summed E-state index contributed by atoms with van der Waals surface area (Å²) >= 11 is 8.21. The van der Waals surface area contributed by atoms with Gasteiger partial charge in [-0.15, -0.1) is 5.10 Å². The first-order chi connectivity index (χ1) is 12.1. The number of carbonyl (C=O) groups excluding carboxylic acids is 1. The molecule has 128 valence electrons. The normalized spacial score (nSPS) is 10.6. The molecule has 25 heavy (non-hydrogen) atoms. The van der Waals surface area contributed by atoms with E-state index in [1.165, 1.54) is 11.8 Å². The summed E-state index contributed by atoms with van der Waals surface area (Å²) in [6, 6.07) is 15.2. The Bertz CT molecular complexity index is 852. The van der Waals surface area contributed by atoms with Crippen molar-refractivity contribution in [1.29, 1.82) is 0 Å². The van der Waals surface area contributed by atoms with Gasteiger partial charge in [0.2, 0.25) is 11.1 Å². The number of carbonyl (C=O) groups is 1. The molecule has 3 aromatic rings. The number of hydrogen-bond donors (Lipinski definition) is 1. The molecule has 1 aromatic heterocycles. The lowest BCUT2D eigenvalue weighted by atomic mass is 10.3. The summed E-state index contributed by atoms with van der Waals surface area (Å²) in [6.45, 7) is 0. The fourth-order valence-corrected chi connectivity index (χ4v) is 3.36. The molecule has 1 N–H and O–H groups in total. The van der Waals surface area contributed by atoms with Gasteiger partial charge in [0, 0.05) is 26.8 Å². The van der Waals surface area contributed by atoms with Crippen molar-refractivity contribution in [2.45, 2.75) is 11.6 Å². The Morgan fingerprint density at radius 2 is 1.68 bits per heavy atom. The zero-order valence-electron chi connectivity index (χ0n) is 12.9. The summed E-state index contributed by atoms with van der Waals surface area (Å²) in [7, 11) is 0. The summed E-state index contributed by atoms with van der Waals surface area (Å²) in [5, 5.41) is 15.3. The number of aromatic nitrogens is 4. The Labute approximate surface area is 165 Å². The molecular formula is C16H13Br2N5OS. The van der Waals surface area contributed by atoms with Crippen molar-refractivity contribution in [2.24, 2.45) is 0 Å². The molecule has 1 heterocycles. The van der Waals surface area contributed by atoms with Crippen LogP contribution in [0.3, 0.4) is 0 Å². The Kier molecular flexibility index (Phi) is 6.22. The van der Waals surface area contributed by atoms with E-state index in [1.807, 2.05) is 48.5 Å². The number of thioether (sulfide) groups is 1. The maximum absolute atomic E-state index is 12.0. The number of nitrogens with zero attached hydrogens (tertiary/aromatic N) is 4. The van der Waals surface area contributed by atoms with Gasteiger partial charge in [0.15, 0.2) is 0 Å². The lowest BCUT2D eigenvalue weighted by Gasteiger charge is -2.06. The molecule has 0 bridgehead atoms. The average molecular weight is 483 g/mol. The van der Waals surface area contributed by atoms with Crippen molar-refractivity contribution in [2.75, 3.05) is 11.1 Å². The summed E-state index contributed by atoms with van der Waals surface area (Å²) < 4.78 is 3.62. The predicted molar refractivity (Wildman–Crippen MR) is 105 cm³/mol. The highest BCUT2D eigenvalue weighted by molar-refractivity contribution is 9.10. The number of halogens is 2. The SMILES string of the molecule is O=C(CCSc1nnnn1-c1ccc(Br)cc1)Nc1ccc(Br)cc1. The fraction of sp³-hybridized carbons (Fsp3) is 0.125. The smallest absolute Gasteiger partial charge is 0.225 e. The van der Waals surface area contributed by atoms with Gasteiger partial charge in [0.05, 0.1) is 5.69 Å². The van der Waals surface area contributed by atoms with E-state index < -0.39 is 0 Å². The van der Waals surface area contributed by atoms with Crippen molar-refractivity contribution in [3.63, 3.8) is 0 Å². The van der Waals surface area contributed by atoms with E-state index >= 15 is 0 Å². The maximum atomic E-state index is 12.0. The second-order valence-corrected chi connectivity index (χ2v) is 7.90. The van der Waals surface area contributed by atoms with Crippen LogP contribution in [0, 0.1) is 0 Å². The minimum atomic E-state index is -0.0440. The van der Waals surface area contributed by atoms with E-state index in [9.17, 15) is 4.79 Å². The van der Waals surface area contributed by atoms with Crippen LogP contribution in [0.25, 0.3) is 5.69 Å². The molecule has 2 aromatic carbocycles. The first kappa shape index (κ1) is 18.1. The Hall–Kier alpha value is -1.71. The van der Waals surface area contributed by atoms with Gasteiger partial charge >= 0.3 is 0 Å². The minimum absolute atomic E-state index is 0.0440. The highest BCUT2D eigenvalue weighted by Gasteiger charge is 2.10. The monoisotopic (exact) mass is 481 g/mol. The number of hydrogen-bond acceptors (Lipinski definition) is 5. The van der Waals surface area contributed by atoms with E-state index in [-0.39, 0.29) is 5.91 Å². The molecule has 0 aliphatic carbocycles. The van der Waals surface area contributed by atoms with Crippen molar-refractivity contribution < 1.29 is 4.79 Å². The van der Waals surface area contributed by atoms with Crippen LogP contribution in [0.1, 0.15) is 6.42 Å². The predicted octanol–water partition coefficient (Wildman–Crippen LogP) is 4.31. The van der Waals surface area contributed by atoms with Gasteiger partial charge in [-0.3, -0.25) is 4.79 Å². The minimum Gasteiger partial charge on any atom is -0.326 e. The first-order valence-corrected chi connectivity index (χ1v) is 9.91. The van der Waals surface area contributed by atoms with Crippen LogP contribution in [0.5, 0.6) is 0 Å². The van der Waals surface area contributed by atoms with Crippen LogP contribution in [0.2, 0.25) is 0 Å². The van der Waals surface area contributed by atoms with Crippen LogP contribution in [-0.2, 0) is 4.79 Å². The topological polar surface area (TPSA) is 72.7 Å². The molecule has 0 aliphatic rings. The molecule has 0 radical (unpaired) electrons. The molecule has 3 rings (SSSR count). The highest BCUT2D eigenvalue weighted by Crippen LogP contribution is 2.21. The van der Waals surface area contributed by atoms with Gasteiger partial charge in [-0.2, -0.15) is 4.68 Å². The van der Waals surface area contributed by atoms with Gasteiger partial charge in [0.25, 0.3) is 0 Å². The molecule has 0 spiro atoms. The van der Waals surface area contributed by atoms with Gasteiger partial charge in [-0.1, -0.05) is 43.6 Å². The zero-order valence-corrected chi connectivity index (χ0v) is 16.9. The summed E-state index contributed by atoms with van der Waals surface area (Å²) in [6.07, 6.45) is 0.369. The standard InChI is InChI=1S/C16H13Br2N5OS/c17-11-1-5-13(6-2-11)19-15(24)9-10-25-16-20-21-22-23(16)14-7-3-12(18)4-8-14/h1-8H,9-10H2,(H,19,24). The molecular weight excluding hydrogens is 470 g/mol. The summed E-state index contributed by atoms with van der Waals surface area (Å²) in [4.78, 5) is 12.0. The first-order valence-electron chi connectivity index (χ1n) is 7.34. The lowest BCUT2D eigenvalue weighted by Crippen LogP contribution is -2.12. The molecule has 0 unspecified atom stereocenters. The van der Waals surface area contributed by atoms with E-state index in [0.717, 1.165) is 20.3 Å². The van der Waals surface area contributed by atoms with Gasteiger partial charge in [-0.25, -0.2) is 0 Å². The van der Waals surface area contributed by atoms with Crippen molar-refractivity contribution in [3.05, 3.63) is 57.5 Å². The average Bonchev–Trinajstić information content (AvgIpc) is 3.06. The van der Waals surface area contributed by atoms with E-state index in [0.29, 0.717) is 17.3 Å². The van der Waals surface area contributed by atoms with E-state index in [2.05, 4.69) is 52.7 Å². The summed E-state index contributed by atoms with van der Waals surface area (Å²) in [5.74, 6) is 0.539. The second kappa shape index (κ2) is 8.59. The van der Waals surface area contributed by atoms with E-state index in [1.54, 1.807) is 4.68 Å². The number of benzene rings is 2. The van der Waals surface area contributed by atoms with Crippen LogP contribution in [-0.4, -0.2) is 31.9 Å². The van der Waals surface area contributed by atoms with Crippen molar-refractivity contribution in [3.8, 4) is 5.69 Å². The second-order valence-electron chi connectivity index (χ2n) is 5.00. The largest absolute Gasteiger partial charge is 0.326 e. The number of rotatable bonds is 6. The molecule has 0 atom stereocenters. The van der Waals surface area contributed by atoms with Crippen LogP contribution in [0.15, 0.2) is 62.6 Å². The third kappa shape index (κ3) is 5.13. The Morgan fingerprint density at radius 1 is 1.04 bits per heavy atom. The maximum Gasteiger partial charge on any atom is 0.225 e. The molecule has 1 amide bonds. The Balaban J connectivity index is 1.54.